The molecule has 2 aliphatic rings. The molecule has 2 heterocycles. The molecule has 2 aliphatic heterocycles. The molecule has 2 atom stereocenters. The van der Waals surface area contributed by atoms with Crippen LogP contribution in [0.5, 0.6) is 0 Å². The highest BCUT2D eigenvalue weighted by Gasteiger charge is 2.36. The van der Waals surface area contributed by atoms with Crippen molar-refractivity contribution >= 4 is 39.4 Å². The summed E-state index contributed by atoms with van der Waals surface area (Å²) in [5.41, 5.74) is 0.308. The molecule has 1 aromatic rings. The van der Waals surface area contributed by atoms with Crippen molar-refractivity contribution in [1.82, 2.24) is 9.80 Å². The predicted octanol–water partition coefficient (Wildman–Crippen LogP) is 2.37. The molecule has 8 nitrogen and oxygen atoms in total. The van der Waals surface area contributed by atoms with Gasteiger partial charge in [-0.1, -0.05) is 19.1 Å². The van der Waals surface area contributed by atoms with Gasteiger partial charge in [-0.25, -0.2) is 13.2 Å². The van der Waals surface area contributed by atoms with Crippen LogP contribution in [0.2, 0.25) is 0 Å². The van der Waals surface area contributed by atoms with Gasteiger partial charge in [-0.15, -0.1) is 11.8 Å². The van der Waals surface area contributed by atoms with Crippen LogP contribution >= 0.6 is 11.8 Å². The number of amides is 2. The lowest BCUT2D eigenvalue weighted by Gasteiger charge is -2.33. The van der Waals surface area contributed by atoms with Gasteiger partial charge in [0, 0.05) is 30.1 Å². The second-order valence-corrected chi connectivity index (χ2v) is 11.8. The molecule has 0 saturated carbocycles. The molecule has 0 aromatic heterocycles. The molecule has 182 valence electrons. The zero-order chi connectivity index (χ0) is 24.0. The van der Waals surface area contributed by atoms with E-state index in [0.717, 1.165) is 25.9 Å². The molecule has 1 aromatic carbocycles. The lowest BCUT2D eigenvalue weighted by molar-refractivity contribution is -0.138. The third-order valence-corrected chi connectivity index (χ3v) is 9.01. The van der Waals surface area contributed by atoms with Gasteiger partial charge in [0.05, 0.1) is 22.8 Å². The van der Waals surface area contributed by atoms with Gasteiger partial charge in [0.1, 0.15) is 0 Å². The van der Waals surface area contributed by atoms with E-state index in [1.807, 2.05) is 18.7 Å². The molecule has 2 saturated heterocycles. The van der Waals surface area contributed by atoms with Crippen molar-refractivity contribution < 1.29 is 27.5 Å². The molecule has 0 radical (unpaired) electrons. The van der Waals surface area contributed by atoms with Gasteiger partial charge in [0.2, 0.25) is 5.91 Å². The van der Waals surface area contributed by atoms with E-state index in [1.54, 1.807) is 29.2 Å². The first-order valence-electron chi connectivity index (χ1n) is 11.4. The van der Waals surface area contributed by atoms with Crippen molar-refractivity contribution in [3.8, 4) is 0 Å². The van der Waals surface area contributed by atoms with Crippen LogP contribution in [0.25, 0.3) is 0 Å². The maximum absolute atomic E-state index is 12.9. The molecule has 10 heteroatoms. The van der Waals surface area contributed by atoms with Crippen LogP contribution in [0.1, 0.15) is 49.9 Å². The van der Waals surface area contributed by atoms with E-state index in [9.17, 15) is 22.8 Å². The first-order valence-corrected chi connectivity index (χ1v) is 14.2. The number of benzene rings is 1. The fraction of sp³-hybridized carbons (Fsp3) is 0.609. The molecule has 0 aliphatic carbocycles. The van der Waals surface area contributed by atoms with Crippen LogP contribution in [0, 0.1) is 0 Å². The normalized spacial score (nSPS) is 20.4. The molecule has 2 amide bonds. The van der Waals surface area contributed by atoms with Gasteiger partial charge >= 0.3 is 5.97 Å². The van der Waals surface area contributed by atoms with E-state index < -0.39 is 34.4 Å². The van der Waals surface area contributed by atoms with Crippen LogP contribution in [-0.4, -0.2) is 85.0 Å². The summed E-state index contributed by atoms with van der Waals surface area (Å²) >= 11 is 1.29. The summed E-state index contributed by atoms with van der Waals surface area (Å²) in [6, 6.07) is 6.32. The van der Waals surface area contributed by atoms with E-state index in [0.29, 0.717) is 23.3 Å². The van der Waals surface area contributed by atoms with E-state index >= 15 is 0 Å². The Morgan fingerprint density at radius 3 is 2.55 bits per heavy atom. The molecule has 0 bridgehead atoms. The highest BCUT2D eigenvalue weighted by molar-refractivity contribution is 8.00. The van der Waals surface area contributed by atoms with Gasteiger partial charge in [-0.2, -0.15) is 0 Å². The summed E-state index contributed by atoms with van der Waals surface area (Å²) in [4.78, 5) is 42.1. The van der Waals surface area contributed by atoms with Crippen molar-refractivity contribution in [2.24, 2.45) is 0 Å². The van der Waals surface area contributed by atoms with Crippen molar-refractivity contribution in [1.29, 1.82) is 0 Å². The molecule has 0 spiro atoms. The Balaban J connectivity index is 1.61. The Hall–Kier alpha value is -2.07. The average Bonchev–Trinajstić information content (AvgIpc) is 3.46. The lowest BCUT2D eigenvalue weighted by Crippen LogP contribution is -2.48. The minimum Gasteiger partial charge on any atom is -0.452 e. The molecular weight excluding hydrogens is 464 g/mol. The predicted molar refractivity (Wildman–Crippen MR) is 127 cm³/mol. The van der Waals surface area contributed by atoms with E-state index in [4.69, 9.17) is 4.74 Å². The zero-order valence-electron chi connectivity index (χ0n) is 19.2. The Morgan fingerprint density at radius 2 is 1.91 bits per heavy atom. The number of carbonyl (C=O) groups excluding carboxylic acids is 3. The number of ether oxygens (including phenoxy) is 1. The van der Waals surface area contributed by atoms with Gasteiger partial charge in [0.25, 0.3) is 5.91 Å². The maximum atomic E-state index is 12.9. The SMILES string of the molecule is CC[C@@H](C)N(C(=O)COC(=O)c1ccccc1SCC(=O)N1CCCC1)[C@H]1CCS(=O)(=O)C1. The minimum atomic E-state index is -3.15. The monoisotopic (exact) mass is 496 g/mol. The second-order valence-electron chi connectivity index (χ2n) is 8.56. The molecular formula is C23H32N2O6S2. The fourth-order valence-corrected chi connectivity index (χ4v) is 6.89. The van der Waals surface area contributed by atoms with Crippen molar-refractivity contribution in [2.45, 2.75) is 56.5 Å². The minimum absolute atomic E-state index is 0.0477. The molecule has 0 N–H and O–H groups in total. The molecule has 2 fully saturated rings. The summed E-state index contributed by atoms with van der Waals surface area (Å²) < 4.78 is 29.2. The number of hydrogen-bond donors (Lipinski definition) is 0. The Labute approximate surface area is 199 Å². The third kappa shape index (κ3) is 6.72. The Morgan fingerprint density at radius 1 is 1.21 bits per heavy atom. The number of likely N-dealkylation sites (tertiary alicyclic amines) is 1. The second kappa shape index (κ2) is 11.4. The largest absolute Gasteiger partial charge is 0.452 e. The third-order valence-electron chi connectivity index (χ3n) is 6.20. The van der Waals surface area contributed by atoms with E-state index in [2.05, 4.69) is 0 Å². The average molecular weight is 497 g/mol. The van der Waals surface area contributed by atoms with Crippen molar-refractivity contribution in [3.63, 3.8) is 0 Å². The summed E-state index contributed by atoms with van der Waals surface area (Å²) in [6.07, 6.45) is 3.11. The van der Waals surface area contributed by atoms with Crippen molar-refractivity contribution in [3.05, 3.63) is 29.8 Å². The first-order chi connectivity index (χ1) is 15.7. The Bertz CT molecular complexity index is 975. The van der Waals surface area contributed by atoms with Gasteiger partial charge in [-0.05, 0) is 44.7 Å². The summed E-state index contributed by atoms with van der Waals surface area (Å²) in [5.74, 6) is -0.731. The number of rotatable bonds is 9. The summed E-state index contributed by atoms with van der Waals surface area (Å²) in [5, 5.41) is 0. The lowest BCUT2D eigenvalue weighted by atomic mass is 10.1. The number of nitrogens with zero attached hydrogens (tertiary/aromatic N) is 2. The van der Waals surface area contributed by atoms with E-state index in [-0.39, 0.29) is 29.2 Å². The van der Waals surface area contributed by atoms with Crippen LogP contribution in [0.3, 0.4) is 0 Å². The quantitative estimate of drug-likeness (QED) is 0.382. The number of esters is 1. The van der Waals surface area contributed by atoms with Crippen molar-refractivity contribution in [2.75, 3.05) is 37.0 Å². The number of sulfone groups is 1. The highest BCUT2D eigenvalue weighted by Crippen LogP contribution is 2.25. The Kier molecular flexibility index (Phi) is 8.81. The van der Waals surface area contributed by atoms with Crippen LogP contribution in [-0.2, 0) is 24.2 Å². The maximum Gasteiger partial charge on any atom is 0.339 e. The fourth-order valence-electron chi connectivity index (χ4n) is 4.24. The van der Waals surface area contributed by atoms with Crippen LogP contribution in [0.4, 0.5) is 0 Å². The topological polar surface area (TPSA) is 101 Å². The highest BCUT2D eigenvalue weighted by atomic mass is 32.2. The summed E-state index contributed by atoms with van der Waals surface area (Å²) in [6.45, 7) is 4.90. The van der Waals surface area contributed by atoms with Crippen LogP contribution < -0.4 is 0 Å². The molecule has 33 heavy (non-hydrogen) atoms. The zero-order valence-corrected chi connectivity index (χ0v) is 20.8. The number of hydrogen-bond acceptors (Lipinski definition) is 7. The standard InChI is InChI=1S/C23H32N2O6S2/c1-3-17(2)25(18-10-13-33(29,30)16-18)21(26)14-31-23(28)19-8-4-5-9-20(19)32-15-22(27)24-11-6-7-12-24/h4-5,8-9,17-18H,3,6-7,10-16H2,1-2H3/t17-,18+/m1/s1. The first kappa shape index (κ1) is 25.6. The van der Waals surface area contributed by atoms with E-state index in [1.165, 1.54) is 11.8 Å². The van der Waals surface area contributed by atoms with Crippen LogP contribution in [0.15, 0.2) is 29.2 Å². The van der Waals surface area contributed by atoms with Gasteiger partial charge in [0.15, 0.2) is 16.4 Å². The molecule has 0 unspecified atom stereocenters. The van der Waals surface area contributed by atoms with Gasteiger partial charge < -0.3 is 14.5 Å². The molecule has 3 rings (SSSR count). The summed E-state index contributed by atoms with van der Waals surface area (Å²) in [7, 11) is -3.15. The number of carbonyl (C=O) groups is 3. The number of thioether (sulfide) groups is 1. The smallest absolute Gasteiger partial charge is 0.339 e. The van der Waals surface area contributed by atoms with Gasteiger partial charge in [-0.3, -0.25) is 9.59 Å².